The number of benzene rings is 1. The molecule has 0 spiro atoms. The van der Waals surface area contributed by atoms with Crippen molar-refractivity contribution in [2.75, 3.05) is 19.8 Å². The number of halogens is 6. The van der Waals surface area contributed by atoms with E-state index in [1.165, 1.54) is 32.2 Å². The first kappa shape index (κ1) is 32.5. The highest BCUT2D eigenvalue weighted by molar-refractivity contribution is 9.10. The summed E-state index contributed by atoms with van der Waals surface area (Å²) in [7, 11) is -4.93. The van der Waals surface area contributed by atoms with Crippen molar-refractivity contribution in [3.63, 3.8) is 0 Å². The number of rotatable bonds is 12. The maximum atomic E-state index is 15.6. The van der Waals surface area contributed by atoms with Crippen LogP contribution in [-0.4, -0.2) is 41.5 Å². The summed E-state index contributed by atoms with van der Waals surface area (Å²) in [6.07, 6.45) is -4.52. The van der Waals surface area contributed by atoms with Crippen molar-refractivity contribution in [2.24, 2.45) is 4.40 Å². The largest absolute Gasteiger partial charge is 0.591 e. The normalized spacial score (nSPS) is 14.6. The minimum Gasteiger partial charge on any atom is -0.591 e. The SMILES string of the molecule is CCOP(=O)(OCC)C(F)(F)c1sc2c(OCCCC(F)(F)F)cc(C=N[S+]([O-])C(C)(C)C)cc2c1Br. The van der Waals surface area contributed by atoms with E-state index in [0.29, 0.717) is 16.9 Å². The predicted octanol–water partition coefficient (Wildman–Crippen LogP) is 8.58. The molecule has 1 unspecified atom stereocenters. The van der Waals surface area contributed by atoms with Crippen molar-refractivity contribution in [2.45, 2.75) is 64.0 Å². The Labute approximate surface area is 227 Å². The van der Waals surface area contributed by atoms with Gasteiger partial charge in [0, 0.05) is 21.8 Å². The Morgan fingerprint density at radius 3 is 2.24 bits per heavy atom. The molecule has 15 heteroatoms. The second-order valence-electron chi connectivity index (χ2n) is 8.68. The summed E-state index contributed by atoms with van der Waals surface area (Å²) in [5, 5.41) is 0.218. The monoisotopic (exact) mass is 655 g/mol. The van der Waals surface area contributed by atoms with Gasteiger partial charge < -0.3 is 18.3 Å². The minimum atomic E-state index is -4.93. The van der Waals surface area contributed by atoms with Crippen molar-refractivity contribution in [3.05, 3.63) is 27.0 Å². The molecule has 0 saturated carbocycles. The van der Waals surface area contributed by atoms with Crippen molar-refractivity contribution in [3.8, 4) is 5.75 Å². The van der Waals surface area contributed by atoms with Crippen LogP contribution in [0.5, 0.6) is 5.75 Å². The minimum absolute atomic E-state index is 0.0260. The van der Waals surface area contributed by atoms with Crippen molar-refractivity contribution in [1.29, 1.82) is 0 Å². The van der Waals surface area contributed by atoms with Gasteiger partial charge in [0.1, 0.15) is 26.7 Å². The Morgan fingerprint density at radius 1 is 1.14 bits per heavy atom. The predicted molar refractivity (Wildman–Crippen MR) is 141 cm³/mol. The molecule has 0 aliphatic carbocycles. The zero-order chi connectivity index (χ0) is 28.2. The molecule has 1 atom stereocenters. The molecule has 1 heterocycles. The molecule has 2 rings (SSSR count). The lowest BCUT2D eigenvalue weighted by Gasteiger charge is -2.25. The van der Waals surface area contributed by atoms with Crippen LogP contribution in [-0.2, 0) is 30.6 Å². The second kappa shape index (κ2) is 12.6. The maximum Gasteiger partial charge on any atom is 0.405 e. The van der Waals surface area contributed by atoms with E-state index < -0.39 is 46.8 Å². The van der Waals surface area contributed by atoms with Crippen molar-refractivity contribution in [1.82, 2.24) is 0 Å². The van der Waals surface area contributed by atoms with Gasteiger partial charge in [-0.3, -0.25) is 4.57 Å². The zero-order valence-corrected chi connectivity index (χ0v) is 24.9. The van der Waals surface area contributed by atoms with Gasteiger partial charge in [-0.05, 0) is 69.1 Å². The van der Waals surface area contributed by atoms with Gasteiger partial charge in [0.25, 0.3) is 0 Å². The van der Waals surface area contributed by atoms with Crippen molar-refractivity contribution < 1.29 is 44.9 Å². The zero-order valence-electron chi connectivity index (χ0n) is 20.8. The standard InChI is InChI=1S/C22H28BrF5NO5PS2/c1-6-33-35(30,34-7-2)22(27,28)19-17(23)15-11-14(13-29-37(31)20(3,4)5)12-16(18(15)36-19)32-10-8-9-21(24,25)26/h11-13H,6-10H2,1-5H3. The second-order valence-corrected chi connectivity index (χ2v) is 14.5. The fraction of sp³-hybridized carbons (Fsp3) is 0.591. The topological polar surface area (TPSA) is 80.2 Å². The quantitative estimate of drug-likeness (QED) is 0.0752. The molecular formula is C22H28BrF5NO5PS2. The molecule has 0 aliphatic heterocycles. The third-order valence-corrected chi connectivity index (χ3v) is 10.6. The summed E-state index contributed by atoms with van der Waals surface area (Å²) < 4.78 is 113. The molecule has 37 heavy (non-hydrogen) atoms. The van der Waals surface area contributed by atoms with E-state index in [0.717, 1.165) is 0 Å². The van der Waals surface area contributed by atoms with Crippen LogP contribution < -0.4 is 4.74 Å². The highest BCUT2D eigenvalue weighted by atomic mass is 79.9. The van der Waals surface area contributed by atoms with Crippen LogP contribution in [0.2, 0.25) is 0 Å². The van der Waals surface area contributed by atoms with E-state index in [1.807, 2.05) is 0 Å². The fourth-order valence-corrected chi connectivity index (χ4v) is 7.47. The van der Waals surface area contributed by atoms with Crippen LogP contribution in [0.15, 0.2) is 21.0 Å². The number of ether oxygens (including phenoxy) is 1. The van der Waals surface area contributed by atoms with Gasteiger partial charge >= 0.3 is 19.4 Å². The van der Waals surface area contributed by atoms with Crippen LogP contribution in [0, 0.1) is 0 Å². The van der Waals surface area contributed by atoms with E-state index in [9.17, 15) is 22.3 Å². The summed E-state index contributed by atoms with van der Waals surface area (Å²) in [5.41, 5.74) is -3.72. The van der Waals surface area contributed by atoms with Gasteiger partial charge in [-0.1, -0.05) is 4.40 Å². The number of fused-ring (bicyclic) bond motifs is 1. The van der Waals surface area contributed by atoms with E-state index in [2.05, 4.69) is 20.3 Å². The molecule has 1 aromatic heterocycles. The van der Waals surface area contributed by atoms with Crippen LogP contribution >= 0.6 is 34.9 Å². The molecule has 0 aliphatic rings. The lowest BCUT2D eigenvalue weighted by Crippen LogP contribution is -2.25. The van der Waals surface area contributed by atoms with Crippen molar-refractivity contribution >= 4 is 62.5 Å². The molecule has 0 bridgehead atoms. The molecule has 0 amide bonds. The molecule has 6 nitrogen and oxygen atoms in total. The highest BCUT2D eigenvalue weighted by Crippen LogP contribution is 2.69. The molecule has 2 aromatic rings. The number of thiophene rings is 1. The molecule has 1 aromatic carbocycles. The Bertz CT molecular complexity index is 1140. The van der Waals surface area contributed by atoms with Gasteiger partial charge in [0.05, 0.1) is 30.7 Å². The van der Waals surface area contributed by atoms with Crippen LogP contribution in [0.1, 0.15) is 57.9 Å². The van der Waals surface area contributed by atoms with Gasteiger partial charge in [0.15, 0.2) is 0 Å². The number of nitrogens with zero attached hydrogens (tertiary/aromatic N) is 1. The summed E-state index contributed by atoms with van der Waals surface area (Å²) in [4.78, 5) is -0.653. The van der Waals surface area contributed by atoms with Crippen LogP contribution in [0.3, 0.4) is 0 Å². The van der Waals surface area contributed by atoms with E-state index in [-0.39, 0.29) is 46.5 Å². The number of hydrogen-bond acceptors (Lipinski definition) is 7. The molecule has 0 radical (unpaired) electrons. The third-order valence-electron chi connectivity index (χ3n) is 4.62. The van der Waals surface area contributed by atoms with Gasteiger partial charge in [-0.2, -0.15) is 22.0 Å². The van der Waals surface area contributed by atoms with Gasteiger partial charge in [-0.15, -0.1) is 11.3 Å². The third kappa shape index (κ3) is 8.12. The fourth-order valence-electron chi connectivity index (χ4n) is 2.92. The molecule has 0 saturated heterocycles. The molecule has 0 fully saturated rings. The molecular weight excluding hydrogens is 628 g/mol. The smallest absolute Gasteiger partial charge is 0.405 e. The summed E-state index contributed by atoms with van der Waals surface area (Å²) in [6, 6.07) is 2.89. The van der Waals surface area contributed by atoms with Gasteiger partial charge in [-0.25, -0.2) is 0 Å². The number of hydrogen-bond donors (Lipinski definition) is 0. The molecule has 210 valence electrons. The summed E-state index contributed by atoms with van der Waals surface area (Å²) in [5.74, 6) is 0.0260. The first-order valence-corrected chi connectivity index (χ1v) is 15.4. The van der Waals surface area contributed by atoms with Crippen LogP contribution in [0.4, 0.5) is 22.0 Å². The lowest BCUT2D eigenvalue weighted by molar-refractivity contribution is -0.136. The molecule has 0 N–H and O–H groups in total. The van der Waals surface area contributed by atoms with Crippen LogP contribution in [0.25, 0.3) is 10.1 Å². The number of alkyl halides is 5. The Morgan fingerprint density at radius 2 is 1.73 bits per heavy atom. The first-order chi connectivity index (χ1) is 17.0. The Kier molecular flexibility index (Phi) is 11.1. The maximum absolute atomic E-state index is 15.6. The highest BCUT2D eigenvalue weighted by Gasteiger charge is 2.57. The van der Waals surface area contributed by atoms with Gasteiger partial charge in [0.2, 0.25) is 0 Å². The summed E-state index contributed by atoms with van der Waals surface area (Å²) >= 11 is 2.09. The lowest BCUT2D eigenvalue weighted by atomic mass is 10.1. The Balaban J connectivity index is 2.62. The first-order valence-electron chi connectivity index (χ1n) is 11.2. The average Bonchev–Trinajstić information content (AvgIpc) is 3.11. The van der Waals surface area contributed by atoms with E-state index in [1.54, 1.807) is 20.8 Å². The van der Waals surface area contributed by atoms with E-state index >= 15 is 8.78 Å². The van der Waals surface area contributed by atoms with E-state index in [4.69, 9.17) is 13.8 Å². The Hall–Kier alpha value is -0.760. The summed E-state index contributed by atoms with van der Waals surface area (Å²) in [6.45, 7) is 7.07. The average molecular weight is 656 g/mol.